The number of quaternary nitrogens is 1. The van der Waals surface area contributed by atoms with Crippen LogP contribution in [0.2, 0.25) is 0 Å². The van der Waals surface area contributed by atoms with Crippen molar-refractivity contribution < 1.29 is 42.0 Å². The lowest BCUT2D eigenvalue weighted by Crippen LogP contribution is -3.00. The van der Waals surface area contributed by atoms with Gasteiger partial charge in [0.25, 0.3) is 0 Å². The fraction of sp³-hybridized carbons (Fsp3) is 0.520. The number of rotatable bonds is 11. The van der Waals surface area contributed by atoms with E-state index in [-0.39, 0.29) is 35.6 Å². The maximum Gasteiger partial charge on any atom is 0.132 e. The highest BCUT2D eigenvalue weighted by Crippen LogP contribution is 2.28. The first-order valence-electron chi connectivity index (χ1n) is 10.7. The summed E-state index contributed by atoms with van der Waals surface area (Å²) in [6.45, 7) is 8.90. The molecule has 0 saturated carbocycles. The summed E-state index contributed by atoms with van der Waals surface area (Å²) in [6.07, 6.45) is 3.24. The molecule has 1 atom stereocenters. The summed E-state index contributed by atoms with van der Waals surface area (Å²) in [5.41, 5.74) is 3.85. The first-order valence-corrected chi connectivity index (χ1v) is 10.7. The van der Waals surface area contributed by atoms with Gasteiger partial charge in [0.05, 0.1) is 20.6 Å². The fourth-order valence-corrected chi connectivity index (χ4v) is 3.93. The molecule has 1 unspecified atom stereocenters. The third-order valence-corrected chi connectivity index (χ3v) is 5.59. The second kappa shape index (κ2) is 12.7. The number of hydrogen-bond acceptors (Lipinski definition) is 1. The molecular formula is C25H36F2INO. The molecule has 0 saturated heterocycles. The highest BCUT2D eigenvalue weighted by molar-refractivity contribution is 5.35. The van der Waals surface area contributed by atoms with E-state index in [9.17, 15) is 8.78 Å². The number of halogens is 3. The van der Waals surface area contributed by atoms with E-state index in [1.807, 2.05) is 0 Å². The minimum Gasteiger partial charge on any atom is -1.00 e. The summed E-state index contributed by atoms with van der Waals surface area (Å²) in [4.78, 5) is 0. The Balaban J connectivity index is 0.00000450. The molecule has 0 bridgehead atoms. The van der Waals surface area contributed by atoms with E-state index in [2.05, 4.69) is 53.1 Å². The lowest BCUT2D eigenvalue weighted by molar-refractivity contribution is -0.894. The molecule has 0 heterocycles. The van der Waals surface area contributed by atoms with Crippen LogP contribution >= 0.6 is 0 Å². The molecule has 30 heavy (non-hydrogen) atoms. The molecule has 2 rings (SSSR count). The zero-order valence-electron chi connectivity index (χ0n) is 19.0. The number of hydrogen-bond donors (Lipinski definition) is 0. The predicted octanol–water partition coefficient (Wildman–Crippen LogP) is 3.15. The molecule has 2 aromatic carbocycles. The molecule has 0 N–H and O–H groups in total. The van der Waals surface area contributed by atoms with Crippen molar-refractivity contribution in [1.82, 2.24) is 0 Å². The van der Waals surface area contributed by atoms with Crippen LogP contribution in [0.3, 0.4) is 0 Å². The molecule has 168 valence electrons. The third kappa shape index (κ3) is 7.89. The molecule has 0 aromatic heterocycles. The van der Waals surface area contributed by atoms with Gasteiger partial charge >= 0.3 is 0 Å². The zero-order chi connectivity index (χ0) is 21.4. The number of aryl methyl sites for hydroxylation is 2. The van der Waals surface area contributed by atoms with Gasteiger partial charge in [-0.2, -0.15) is 0 Å². The van der Waals surface area contributed by atoms with Gasteiger partial charge in [-0.3, -0.25) is 0 Å². The van der Waals surface area contributed by atoms with E-state index < -0.39 is 11.6 Å². The molecule has 0 spiro atoms. The molecule has 0 aliphatic carbocycles. The first kappa shape index (κ1) is 27.0. The van der Waals surface area contributed by atoms with E-state index in [4.69, 9.17) is 4.74 Å². The number of benzene rings is 2. The van der Waals surface area contributed by atoms with Crippen LogP contribution in [0.4, 0.5) is 8.78 Å². The summed E-state index contributed by atoms with van der Waals surface area (Å²) in [5.74, 6) is -0.956. The van der Waals surface area contributed by atoms with Gasteiger partial charge in [0.2, 0.25) is 0 Å². The Morgan fingerprint density at radius 1 is 0.933 bits per heavy atom. The van der Waals surface area contributed by atoms with Gasteiger partial charge in [0, 0.05) is 12.2 Å². The topological polar surface area (TPSA) is 9.23 Å². The summed E-state index contributed by atoms with van der Waals surface area (Å²) in [7, 11) is 4.49. The van der Waals surface area contributed by atoms with Crippen LogP contribution in [0.15, 0.2) is 36.4 Å². The Hall–Kier alpha value is -1.05. The summed E-state index contributed by atoms with van der Waals surface area (Å²) in [5, 5.41) is 0. The standard InChI is InChI=1S/C25H36F2NO.HI/c1-6-7-16-28(4,5)18-24(25-19(2)11-8-12-20(25)3)29-17-10-13-21-22(26)14-9-15-23(21)27;/h8-9,11-12,14-15,24H,6-7,10,13,16-18H2,1-5H3;1H/q+1;/p-1. The molecule has 2 nitrogen and oxygen atoms in total. The zero-order valence-corrected chi connectivity index (χ0v) is 21.1. The van der Waals surface area contributed by atoms with Crippen molar-refractivity contribution in [2.75, 3.05) is 33.8 Å². The lowest BCUT2D eigenvalue weighted by Gasteiger charge is -2.34. The van der Waals surface area contributed by atoms with Gasteiger partial charge < -0.3 is 33.2 Å². The van der Waals surface area contributed by atoms with Crippen molar-refractivity contribution in [1.29, 1.82) is 0 Å². The van der Waals surface area contributed by atoms with Gasteiger partial charge in [0.15, 0.2) is 0 Å². The highest BCUT2D eigenvalue weighted by atomic mass is 127. The highest BCUT2D eigenvalue weighted by Gasteiger charge is 2.26. The van der Waals surface area contributed by atoms with E-state index in [0.29, 0.717) is 19.4 Å². The molecular weight excluding hydrogens is 495 g/mol. The van der Waals surface area contributed by atoms with Crippen LogP contribution in [0.1, 0.15) is 54.5 Å². The van der Waals surface area contributed by atoms with Crippen molar-refractivity contribution in [2.24, 2.45) is 0 Å². The van der Waals surface area contributed by atoms with E-state index in [1.54, 1.807) is 0 Å². The van der Waals surface area contributed by atoms with E-state index >= 15 is 0 Å². The van der Waals surface area contributed by atoms with Gasteiger partial charge in [0.1, 0.15) is 24.3 Å². The number of unbranched alkanes of at least 4 members (excludes halogenated alkanes) is 1. The van der Waals surface area contributed by atoms with E-state index in [0.717, 1.165) is 17.6 Å². The minimum absolute atomic E-state index is 0. The van der Waals surface area contributed by atoms with Crippen LogP contribution in [-0.2, 0) is 11.2 Å². The SMILES string of the molecule is CCCC[N+](C)(C)CC(OCCCc1c(F)cccc1F)c1c(C)cccc1C.[I-]. The summed E-state index contributed by atoms with van der Waals surface area (Å²) < 4.78 is 35.0. The van der Waals surface area contributed by atoms with Crippen molar-refractivity contribution in [3.05, 3.63) is 70.3 Å². The Morgan fingerprint density at radius 3 is 2.07 bits per heavy atom. The largest absolute Gasteiger partial charge is 1.00 e. The Morgan fingerprint density at radius 2 is 1.50 bits per heavy atom. The quantitative estimate of drug-likeness (QED) is 0.246. The number of likely N-dealkylation sites (N-methyl/N-ethyl adjacent to an activating group) is 1. The third-order valence-electron chi connectivity index (χ3n) is 5.59. The average Bonchev–Trinajstić information content (AvgIpc) is 2.65. The van der Waals surface area contributed by atoms with Crippen molar-refractivity contribution in [3.63, 3.8) is 0 Å². The molecule has 0 radical (unpaired) electrons. The monoisotopic (exact) mass is 531 g/mol. The van der Waals surface area contributed by atoms with Crippen molar-refractivity contribution >= 4 is 0 Å². The molecule has 0 amide bonds. The van der Waals surface area contributed by atoms with Crippen LogP contribution in [-0.4, -0.2) is 38.3 Å². The van der Waals surface area contributed by atoms with Crippen LogP contribution in [0.25, 0.3) is 0 Å². The molecule has 0 fully saturated rings. The lowest BCUT2D eigenvalue weighted by atomic mass is 9.97. The normalized spacial score (nSPS) is 12.5. The van der Waals surface area contributed by atoms with Gasteiger partial charge in [-0.15, -0.1) is 0 Å². The van der Waals surface area contributed by atoms with Crippen LogP contribution in [0, 0.1) is 25.5 Å². The second-order valence-electron chi connectivity index (χ2n) is 8.66. The average molecular weight is 531 g/mol. The second-order valence-corrected chi connectivity index (χ2v) is 8.66. The maximum absolute atomic E-state index is 13.9. The first-order chi connectivity index (χ1) is 13.7. The van der Waals surface area contributed by atoms with Crippen molar-refractivity contribution in [2.45, 2.75) is 52.6 Å². The summed E-state index contributed by atoms with van der Waals surface area (Å²) in [6, 6.07) is 10.3. The smallest absolute Gasteiger partial charge is 0.132 e. The Kier molecular flexibility index (Phi) is 11.4. The Labute approximate surface area is 198 Å². The maximum atomic E-state index is 13.9. The van der Waals surface area contributed by atoms with Gasteiger partial charge in [-0.05, 0) is 61.9 Å². The summed E-state index contributed by atoms with van der Waals surface area (Å²) >= 11 is 0. The molecule has 0 aliphatic heterocycles. The van der Waals surface area contributed by atoms with Crippen LogP contribution in [0.5, 0.6) is 0 Å². The van der Waals surface area contributed by atoms with E-state index in [1.165, 1.54) is 47.7 Å². The molecule has 0 aliphatic rings. The molecule has 5 heteroatoms. The molecule has 2 aromatic rings. The number of ether oxygens (including phenoxy) is 1. The predicted molar refractivity (Wildman–Crippen MR) is 116 cm³/mol. The Bertz CT molecular complexity index is 754. The van der Waals surface area contributed by atoms with Gasteiger partial charge in [-0.1, -0.05) is 37.6 Å². The van der Waals surface area contributed by atoms with Gasteiger partial charge in [-0.25, -0.2) is 8.78 Å². The number of nitrogens with zero attached hydrogens (tertiary/aromatic N) is 1. The van der Waals surface area contributed by atoms with Crippen LogP contribution < -0.4 is 24.0 Å². The fourth-order valence-electron chi connectivity index (χ4n) is 3.93. The minimum atomic E-state index is -0.478. The van der Waals surface area contributed by atoms with Crippen molar-refractivity contribution in [3.8, 4) is 0 Å².